The fraction of sp³-hybridized carbons (Fsp3) is 0.609. The molecule has 0 spiro atoms. The topological polar surface area (TPSA) is 60.7 Å². The number of aliphatic hydroxyl groups is 1. The van der Waals surface area contributed by atoms with Crippen LogP contribution in [0.5, 0.6) is 0 Å². The summed E-state index contributed by atoms with van der Waals surface area (Å²) in [5, 5.41) is 10.5. The van der Waals surface area contributed by atoms with Crippen LogP contribution in [0.3, 0.4) is 0 Å². The van der Waals surface area contributed by atoms with Gasteiger partial charge in [0.1, 0.15) is 0 Å². The Morgan fingerprint density at radius 3 is 2.21 bits per heavy atom. The number of unbranched alkanes of at least 4 members (excludes halogenated alkanes) is 9. The van der Waals surface area contributed by atoms with Crippen molar-refractivity contribution < 1.29 is 19.7 Å². The summed E-state index contributed by atoms with van der Waals surface area (Å²) >= 11 is 0. The second kappa shape index (κ2) is 12.6. The van der Waals surface area contributed by atoms with E-state index in [1.54, 1.807) is 6.92 Å². The summed E-state index contributed by atoms with van der Waals surface area (Å²) < 4.78 is 1.46. The molecule has 0 amide bonds. The molecule has 0 aliphatic heterocycles. The average molecular weight is 390 g/mol. The van der Waals surface area contributed by atoms with Crippen molar-refractivity contribution in [2.24, 2.45) is 0 Å². The van der Waals surface area contributed by atoms with Crippen LogP contribution in [0.1, 0.15) is 82.4 Å². The van der Waals surface area contributed by atoms with Gasteiger partial charge in [0.15, 0.2) is 0 Å². The molecule has 0 bridgehead atoms. The van der Waals surface area contributed by atoms with Gasteiger partial charge in [0.2, 0.25) is 0 Å². The summed E-state index contributed by atoms with van der Waals surface area (Å²) in [6.45, 7) is 4.34. The first-order valence-corrected chi connectivity index (χ1v) is 10.7. The van der Waals surface area contributed by atoms with Crippen LogP contribution < -0.4 is 0 Å². The van der Waals surface area contributed by atoms with E-state index in [0.717, 1.165) is 29.3 Å². The summed E-state index contributed by atoms with van der Waals surface area (Å²) in [7, 11) is 0. The highest BCUT2D eigenvalue weighted by Crippen LogP contribution is 2.26. The minimum atomic E-state index is -0.569. The predicted molar refractivity (Wildman–Crippen MR) is 112 cm³/mol. The quantitative estimate of drug-likeness (QED) is 0.249. The SMILES string of the molecule is CCCCCCCCCCCCOOC(=O)n1c(C)c(CO)c2ccccc21. The number of carbonyl (C=O) groups excluding carboxylic acids is 1. The zero-order valence-corrected chi connectivity index (χ0v) is 17.4. The average Bonchev–Trinajstić information content (AvgIpc) is 2.99. The first kappa shape index (κ1) is 22.4. The Balaban J connectivity index is 1.65. The van der Waals surface area contributed by atoms with E-state index in [4.69, 9.17) is 9.78 Å². The van der Waals surface area contributed by atoms with Crippen LogP contribution >= 0.6 is 0 Å². The fourth-order valence-electron chi connectivity index (χ4n) is 3.65. The lowest BCUT2D eigenvalue weighted by molar-refractivity contribution is -0.238. The number of hydrogen-bond donors (Lipinski definition) is 1. The molecule has 5 nitrogen and oxygen atoms in total. The number of fused-ring (bicyclic) bond motifs is 1. The Morgan fingerprint density at radius 2 is 1.57 bits per heavy atom. The molecule has 28 heavy (non-hydrogen) atoms. The third-order valence-corrected chi connectivity index (χ3v) is 5.29. The monoisotopic (exact) mass is 389 g/mol. The molecule has 0 saturated carbocycles. The van der Waals surface area contributed by atoms with Gasteiger partial charge < -0.3 is 5.11 Å². The zero-order chi connectivity index (χ0) is 20.2. The van der Waals surface area contributed by atoms with E-state index >= 15 is 0 Å². The van der Waals surface area contributed by atoms with E-state index in [1.165, 1.54) is 55.9 Å². The number of aliphatic hydroxyl groups excluding tert-OH is 1. The van der Waals surface area contributed by atoms with Crippen LogP contribution in [0.25, 0.3) is 10.9 Å². The maximum atomic E-state index is 12.4. The molecule has 1 N–H and O–H groups in total. The number of carbonyl (C=O) groups is 1. The van der Waals surface area contributed by atoms with E-state index < -0.39 is 6.09 Å². The van der Waals surface area contributed by atoms with Crippen LogP contribution in [0.2, 0.25) is 0 Å². The Hall–Kier alpha value is -1.85. The predicted octanol–water partition coefficient (Wildman–Crippen LogP) is 6.28. The molecular weight excluding hydrogens is 354 g/mol. The Bertz CT molecular complexity index is 723. The molecule has 0 saturated heterocycles. The zero-order valence-electron chi connectivity index (χ0n) is 17.4. The first-order valence-electron chi connectivity index (χ1n) is 10.7. The lowest BCUT2D eigenvalue weighted by atomic mass is 10.1. The van der Waals surface area contributed by atoms with Crippen LogP contribution in [-0.2, 0) is 16.4 Å². The summed E-state index contributed by atoms with van der Waals surface area (Å²) in [4.78, 5) is 22.6. The first-order chi connectivity index (χ1) is 13.7. The molecule has 1 aromatic heterocycles. The number of aromatic nitrogens is 1. The summed E-state index contributed by atoms with van der Waals surface area (Å²) in [5.74, 6) is 0. The number of nitrogens with zero attached hydrogens (tertiary/aromatic N) is 1. The Kier molecular flexibility index (Phi) is 10.1. The highest BCUT2D eigenvalue weighted by molar-refractivity contribution is 5.93. The third-order valence-electron chi connectivity index (χ3n) is 5.29. The van der Waals surface area contributed by atoms with Crippen LogP contribution in [-0.4, -0.2) is 22.4 Å². The van der Waals surface area contributed by atoms with E-state index in [9.17, 15) is 9.90 Å². The van der Waals surface area contributed by atoms with Gasteiger partial charge in [-0.25, -0.2) is 9.36 Å². The molecule has 1 aromatic carbocycles. The van der Waals surface area contributed by atoms with Gasteiger partial charge in [-0.2, -0.15) is 4.89 Å². The maximum Gasteiger partial charge on any atom is 0.450 e. The van der Waals surface area contributed by atoms with Gasteiger partial charge in [-0.3, -0.25) is 4.89 Å². The van der Waals surface area contributed by atoms with Crippen LogP contribution in [0.15, 0.2) is 24.3 Å². The van der Waals surface area contributed by atoms with Gasteiger partial charge in [-0.15, -0.1) is 0 Å². The van der Waals surface area contributed by atoms with Crippen molar-refractivity contribution in [3.63, 3.8) is 0 Å². The van der Waals surface area contributed by atoms with E-state index in [1.807, 2.05) is 24.3 Å². The van der Waals surface area contributed by atoms with Crippen molar-refractivity contribution in [3.8, 4) is 0 Å². The van der Waals surface area contributed by atoms with Gasteiger partial charge in [0.25, 0.3) is 0 Å². The van der Waals surface area contributed by atoms with Gasteiger partial charge in [-0.05, 0) is 19.4 Å². The summed E-state index contributed by atoms with van der Waals surface area (Å²) in [5.41, 5.74) is 2.13. The third kappa shape index (κ3) is 6.35. The Morgan fingerprint density at radius 1 is 0.964 bits per heavy atom. The second-order valence-corrected chi connectivity index (χ2v) is 7.43. The molecule has 0 fully saturated rings. The van der Waals surface area contributed by atoms with Crippen molar-refractivity contribution in [3.05, 3.63) is 35.5 Å². The lowest BCUT2D eigenvalue weighted by Crippen LogP contribution is -2.16. The molecule has 0 aliphatic rings. The molecule has 2 rings (SSSR count). The van der Waals surface area contributed by atoms with Gasteiger partial charge in [0.05, 0.1) is 18.7 Å². The molecule has 0 unspecified atom stereocenters. The minimum Gasteiger partial charge on any atom is -0.392 e. The molecule has 156 valence electrons. The van der Waals surface area contributed by atoms with Crippen molar-refractivity contribution in [2.75, 3.05) is 6.61 Å². The maximum absolute atomic E-state index is 12.4. The number of para-hydroxylation sites is 1. The lowest BCUT2D eigenvalue weighted by Gasteiger charge is -2.07. The summed E-state index contributed by atoms with van der Waals surface area (Å²) in [6.07, 6.45) is 11.9. The number of rotatable bonds is 13. The van der Waals surface area contributed by atoms with E-state index in [2.05, 4.69) is 6.92 Å². The molecule has 0 aliphatic carbocycles. The van der Waals surface area contributed by atoms with Gasteiger partial charge in [-0.1, -0.05) is 82.9 Å². The standard InChI is InChI=1S/C23H35NO4/c1-3-4-5-6-7-8-9-10-11-14-17-27-28-23(26)24-19(2)21(18-25)20-15-12-13-16-22(20)24/h12-13,15-16,25H,3-11,14,17-18H2,1-2H3. The largest absolute Gasteiger partial charge is 0.450 e. The second-order valence-electron chi connectivity index (χ2n) is 7.43. The molecular formula is C23H35NO4. The summed E-state index contributed by atoms with van der Waals surface area (Å²) in [6, 6.07) is 7.48. The minimum absolute atomic E-state index is 0.119. The van der Waals surface area contributed by atoms with E-state index in [0.29, 0.717) is 12.3 Å². The number of hydrogen-bond acceptors (Lipinski definition) is 4. The highest BCUT2D eigenvalue weighted by Gasteiger charge is 2.19. The molecule has 0 atom stereocenters. The highest BCUT2D eigenvalue weighted by atomic mass is 17.2. The van der Waals surface area contributed by atoms with Crippen molar-refractivity contribution in [2.45, 2.75) is 84.7 Å². The Labute approximate surface area is 168 Å². The molecule has 2 aromatic rings. The normalized spacial score (nSPS) is 11.2. The molecule has 5 heteroatoms. The van der Waals surface area contributed by atoms with Gasteiger partial charge in [0, 0.05) is 16.6 Å². The molecule has 0 radical (unpaired) electrons. The van der Waals surface area contributed by atoms with Crippen molar-refractivity contribution in [1.82, 2.24) is 4.57 Å². The number of benzene rings is 1. The molecule has 1 heterocycles. The smallest absolute Gasteiger partial charge is 0.392 e. The van der Waals surface area contributed by atoms with Crippen molar-refractivity contribution in [1.29, 1.82) is 0 Å². The van der Waals surface area contributed by atoms with Gasteiger partial charge >= 0.3 is 6.09 Å². The van der Waals surface area contributed by atoms with Crippen molar-refractivity contribution >= 4 is 17.0 Å². The van der Waals surface area contributed by atoms with Crippen LogP contribution in [0, 0.1) is 6.92 Å². The van der Waals surface area contributed by atoms with E-state index in [-0.39, 0.29) is 6.61 Å². The fourth-order valence-corrected chi connectivity index (χ4v) is 3.65. The van der Waals surface area contributed by atoms with Crippen LogP contribution in [0.4, 0.5) is 4.79 Å².